The van der Waals surface area contributed by atoms with Crippen molar-refractivity contribution in [3.05, 3.63) is 36.5 Å². The van der Waals surface area contributed by atoms with Crippen LogP contribution in [0, 0.1) is 11.7 Å². The van der Waals surface area contributed by atoms with Gasteiger partial charge < -0.3 is 24.3 Å². The standard InChI is InChI=1S/C26H32FN5O3S/c27-24-20(4-1-5-22(24)35-15-19-3-2-8-34-19)21-14-32(26-23(21)25(28)29-16-30-26)18-11-17(12-18)13-31-6-9-36(33)10-7-31/h1,4-5,14,16-19H,2-3,6-13,15H2,(H2,28,29,30)/t17-,18+,19-/m0/s1. The first-order valence-electron chi connectivity index (χ1n) is 12.8. The van der Waals surface area contributed by atoms with Crippen LogP contribution in [0.5, 0.6) is 5.75 Å². The first-order chi connectivity index (χ1) is 17.6. The first-order valence-corrected chi connectivity index (χ1v) is 14.3. The topological polar surface area (TPSA) is 101 Å². The van der Waals surface area contributed by atoms with Crippen LogP contribution in [0.4, 0.5) is 10.2 Å². The minimum atomic E-state index is -0.654. The Morgan fingerprint density at radius 1 is 1.19 bits per heavy atom. The Morgan fingerprint density at radius 2 is 2.03 bits per heavy atom. The Labute approximate surface area is 213 Å². The van der Waals surface area contributed by atoms with Gasteiger partial charge in [0.25, 0.3) is 0 Å². The van der Waals surface area contributed by atoms with Crippen LogP contribution in [0.25, 0.3) is 22.2 Å². The number of nitrogens with zero attached hydrogens (tertiary/aromatic N) is 4. The fraction of sp³-hybridized carbons (Fsp3) is 0.538. The van der Waals surface area contributed by atoms with Crippen molar-refractivity contribution in [2.75, 3.05) is 50.1 Å². The molecule has 2 aliphatic heterocycles. The summed E-state index contributed by atoms with van der Waals surface area (Å²) in [5, 5.41) is 0.676. The van der Waals surface area contributed by atoms with Crippen LogP contribution in [-0.2, 0) is 15.9 Å². The van der Waals surface area contributed by atoms with Gasteiger partial charge >= 0.3 is 0 Å². The van der Waals surface area contributed by atoms with Gasteiger partial charge in [0.15, 0.2) is 11.6 Å². The number of anilines is 1. The number of halogens is 1. The quantitative estimate of drug-likeness (QED) is 0.483. The second-order valence-electron chi connectivity index (χ2n) is 10.1. The molecular formula is C26H32FN5O3S. The average molecular weight is 514 g/mol. The molecule has 0 radical (unpaired) electrons. The molecule has 3 aromatic rings. The molecule has 3 aliphatic rings. The lowest BCUT2D eigenvalue weighted by atomic mass is 9.79. The number of hydrogen-bond donors (Lipinski definition) is 1. The van der Waals surface area contributed by atoms with Gasteiger partial charge in [0.05, 0.1) is 11.5 Å². The number of fused-ring (bicyclic) bond motifs is 1. The number of hydrogen-bond acceptors (Lipinski definition) is 7. The van der Waals surface area contributed by atoms with Gasteiger partial charge in [-0.15, -0.1) is 0 Å². The van der Waals surface area contributed by atoms with Gasteiger partial charge in [-0.2, -0.15) is 0 Å². The summed E-state index contributed by atoms with van der Waals surface area (Å²) in [6, 6.07) is 5.49. The monoisotopic (exact) mass is 513 g/mol. The number of aromatic nitrogens is 3. The number of ether oxygens (including phenoxy) is 2. The molecule has 4 heterocycles. The molecule has 36 heavy (non-hydrogen) atoms. The van der Waals surface area contributed by atoms with Crippen LogP contribution in [0.1, 0.15) is 31.7 Å². The van der Waals surface area contributed by atoms with Crippen molar-refractivity contribution in [2.24, 2.45) is 5.92 Å². The van der Waals surface area contributed by atoms with Gasteiger partial charge in [-0.1, -0.05) is 23.3 Å². The normalized spacial score (nSPS) is 25.3. The molecule has 1 aromatic carbocycles. The smallest absolute Gasteiger partial charge is 0.172 e. The van der Waals surface area contributed by atoms with Crippen molar-refractivity contribution < 1.29 is 18.4 Å². The maximum Gasteiger partial charge on any atom is 0.172 e. The third-order valence-electron chi connectivity index (χ3n) is 7.73. The Hall–Kier alpha value is -2.40. The van der Waals surface area contributed by atoms with E-state index in [1.54, 1.807) is 18.2 Å². The highest BCUT2D eigenvalue weighted by atomic mass is 32.2. The summed E-state index contributed by atoms with van der Waals surface area (Å²) < 4.78 is 40.9. The number of benzene rings is 1. The lowest BCUT2D eigenvalue weighted by molar-refractivity contribution is 0.0666. The Balaban J connectivity index is 1.23. The van der Waals surface area contributed by atoms with Gasteiger partial charge in [-0.05, 0) is 37.7 Å². The molecule has 1 saturated carbocycles. The minimum Gasteiger partial charge on any atom is -0.616 e. The molecule has 1 aliphatic carbocycles. The molecule has 0 amide bonds. The summed E-state index contributed by atoms with van der Waals surface area (Å²) in [4.78, 5) is 11.2. The van der Waals surface area contributed by atoms with Crippen molar-refractivity contribution in [3.8, 4) is 16.9 Å². The summed E-state index contributed by atoms with van der Waals surface area (Å²) in [5.41, 5.74) is 8.15. The molecule has 2 aromatic heterocycles. The number of rotatable bonds is 7. The highest BCUT2D eigenvalue weighted by Gasteiger charge is 2.35. The summed E-state index contributed by atoms with van der Waals surface area (Å²) in [6.45, 7) is 3.94. The highest BCUT2D eigenvalue weighted by Crippen LogP contribution is 2.44. The third-order valence-corrected chi connectivity index (χ3v) is 9.01. The van der Waals surface area contributed by atoms with Gasteiger partial charge in [0.1, 0.15) is 35.9 Å². The average Bonchev–Trinajstić information content (AvgIpc) is 3.51. The molecule has 0 unspecified atom stereocenters. The Kier molecular flexibility index (Phi) is 6.76. The highest BCUT2D eigenvalue weighted by molar-refractivity contribution is 7.91. The third kappa shape index (κ3) is 4.67. The molecule has 10 heteroatoms. The van der Waals surface area contributed by atoms with Crippen LogP contribution in [-0.4, -0.2) is 74.4 Å². The fourth-order valence-electron chi connectivity index (χ4n) is 5.68. The zero-order valence-electron chi connectivity index (χ0n) is 20.3. The lowest BCUT2D eigenvalue weighted by Gasteiger charge is -2.40. The maximum atomic E-state index is 15.7. The number of nitrogen functional groups attached to an aromatic ring is 1. The predicted octanol–water partition coefficient (Wildman–Crippen LogP) is 3.39. The molecule has 0 bridgehead atoms. The molecule has 8 nitrogen and oxygen atoms in total. The van der Waals surface area contributed by atoms with Crippen LogP contribution in [0.15, 0.2) is 30.7 Å². The molecule has 1 atom stereocenters. The fourth-order valence-corrected chi connectivity index (χ4v) is 6.81. The predicted molar refractivity (Wildman–Crippen MR) is 138 cm³/mol. The van der Waals surface area contributed by atoms with Gasteiger partial charge in [0, 0.05) is 49.6 Å². The van der Waals surface area contributed by atoms with E-state index in [4.69, 9.17) is 15.2 Å². The van der Waals surface area contributed by atoms with E-state index in [2.05, 4.69) is 19.4 Å². The largest absolute Gasteiger partial charge is 0.616 e. The molecule has 0 spiro atoms. The van der Waals surface area contributed by atoms with Gasteiger partial charge in [-0.25, -0.2) is 14.4 Å². The van der Waals surface area contributed by atoms with Crippen molar-refractivity contribution in [1.82, 2.24) is 19.4 Å². The summed E-state index contributed by atoms with van der Waals surface area (Å²) in [5.74, 6) is 2.29. The van der Waals surface area contributed by atoms with E-state index in [9.17, 15) is 4.55 Å². The van der Waals surface area contributed by atoms with E-state index in [1.807, 2.05) is 6.20 Å². The van der Waals surface area contributed by atoms with E-state index in [-0.39, 0.29) is 17.9 Å². The van der Waals surface area contributed by atoms with Crippen LogP contribution in [0.3, 0.4) is 0 Å². The molecule has 3 fully saturated rings. The Morgan fingerprint density at radius 3 is 2.81 bits per heavy atom. The molecule has 192 valence electrons. The first kappa shape index (κ1) is 24.0. The lowest BCUT2D eigenvalue weighted by Crippen LogP contribution is -2.45. The molecule has 2 N–H and O–H groups in total. The summed E-state index contributed by atoms with van der Waals surface area (Å²) in [6.07, 6.45) is 7.46. The molecule has 2 saturated heterocycles. The van der Waals surface area contributed by atoms with Crippen LogP contribution in [0.2, 0.25) is 0 Å². The van der Waals surface area contributed by atoms with Crippen molar-refractivity contribution in [1.29, 1.82) is 0 Å². The molecule has 6 rings (SSSR count). The van der Waals surface area contributed by atoms with E-state index >= 15 is 4.39 Å². The van der Waals surface area contributed by atoms with E-state index in [0.29, 0.717) is 34.9 Å². The number of nitrogens with two attached hydrogens (primary N) is 1. The zero-order valence-corrected chi connectivity index (χ0v) is 21.1. The van der Waals surface area contributed by atoms with Crippen molar-refractivity contribution >= 4 is 28.0 Å². The molecular weight excluding hydrogens is 481 g/mol. The second kappa shape index (κ2) is 10.2. The van der Waals surface area contributed by atoms with E-state index in [0.717, 1.165) is 69.1 Å². The van der Waals surface area contributed by atoms with Gasteiger partial charge in [0.2, 0.25) is 0 Å². The second-order valence-corrected chi connectivity index (χ2v) is 11.8. The Bertz CT molecular complexity index is 1220. The van der Waals surface area contributed by atoms with Crippen molar-refractivity contribution in [3.63, 3.8) is 0 Å². The SMILES string of the molecule is Nc1ncnc2c1c(-c1cccc(OC[C@@H]3CCCO3)c1F)cn2[C@H]1C[C@@H](CN2CC[S+]([O-])CC2)C1. The van der Waals surface area contributed by atoms with Crippen molar-refractivity contribution in [2.45, 2.75) is 37.8 Å². The van der Waals surface area contributed by atoms with Crippen LogP contribution < -0.4 is 10.5 Å². The van der Waals surface area contributed by atoms with Gasteiger partial charge in [-0.3, -0.25) is 4.90 Å². The van der Waals surface area contributed by atoms with Crippen LogP contribution >= 0.6 is 0 Å². The summed E-state index contributed by atoms with van der Waals surface area (Å²) >= 11 is -0.654. The summed E-state index contributed by atoms with van der Waals surface area (Å²) in [7, 11) is 0. The maximum absolute atomic E-state index is 15.7. The van der Waals surface area contributed by atoms with E-state index in [1.165, 1.54) is 6.33 Å². The zero-order chi connectivity index (χ0) is 24.6. The minimum absolute atomic E-state index is 0.0117. The van der Waals surface area contributed by atoms with E-state index < -0.39 is 17.0 Å².